The molecule has 8 heteroatoms. The molecular weight excluding hydrogens is 364 g/mol. The Morgan fingerprint density at radius 3 is 1.86 bits per heavy atom. The van der Waals surface area contributed by atoms with Gasteiger partial charge in [-0.05, 0) is 24.3 Å². The van der Waals surface area contributed by atoms with Crippen LogP contribution in [0.3, 0.4) is 0 Å². The van der Waals surface area contributed by atoms with E-state index in [4.69, 9.17) is 5.11 Å². The fourth-order valence-electron chi connectivity index (χ4n) is 2.44. The zero-order valence-corrected chi connectivity index (χ0v) is 15.1. The van der Waals surface area contributed by atoms with Crippen LogP contribution in [-0.4, -0.2) is 80.6 Å². The first kappa shape index (κ1) is 21.5. The van der Waals surface area contributed by atoms with Gasteiger partial charge in [0.2, 0.25) is 0 Å². The van der Waals surface area contributed by atoms with Gasteiger partial charge in [-0.2, -0.15) is 0 Å². The summed E-state index contributed by atoms with van der Waals surface area (Å²) < 4.78 is 0. The van der Waals surface area contributed by atoms with Crippen molar-refractivity contribution in [3.8, 4) is 11.5 Å². The van der Waals surface area contributed by atoms with E-state index in [0.29, 0.717) is 11.1 Å². The highest BCUT2D eigenvalue weighted by atomic mass is 16.4. The summed E-state index contributed by atoms with van der Waals surface area (Å²) in [6.45, 7) is -0.801. The average molecular weight is 388 g/mol. The lowest BCUT2D eigenvalue weighted by molar-refractivity contribution is -0.0820. The Balaban J connectivity index is 2.20. The lowest BCUT2D eigenvalue weighted by Gasteiger charge is -2.25. The molecule has 2 aromatic carbocycles. The lowest BCUT2D eigenvalue weighted by Crippen LogP contribution is -2.46. The van der Waals surface area contributed by atoms with Crippen molar-refractivity contribution in [2.24, 2.45) is 9.98 Å². The van der Waals surface area contributed by atoms with Crippen molar-refractivity contribution in [2.45, 2.75) is 24.4 Å². The molecule has 0 saturated heterocycles. The van der Waals surface area contributed by atoms with Gasteiger partial charge in [0, 0.05) is 23.6 Å². The van der Waals surface area contributed by atoms with Gasteiger partial charge in [-0.1, -0.05) is 24.3 Å². The molecule has 2 rings (SSSR count). The maximum atomic E-state index is 10.4. The number of aliphatic imine (C=N–C) groups is 2. The van der Waals surface area contributed by atoms with E-state index in [1.807, 2.05) is 0 Å². The summed E-state index contributed by atoms with van der Waals surface area (Å²) in [5, 5.41) is 58.5. The highest BCUT2D eigenvalue weighted by Crippen LogP contribution is 2.16. The maximum Gasteiger partial charge on any atom is 0.124 e. The van der Waals surface area contributed by atoms with Crippen LogP contribution in [0.5, 0.6) is 11.5 Å². The van der Waals surface area contributed by atoms with E-state index in [1.165, 1.54) is 24.6 Å². The minimum absolute atomic E-state index is 0.00635. The molecule has 0 aliphatic rings. The third-order valence-electron chi connectivity index (χ3n) is 4.13. The van der Waals surface area contributed by atoms with Crippen molar-refractivity contribution in [3.63, 3.8) is 0 Å². The molecule has 0 aromatic heterocycles. The Kier molecular flexibility index (Phi) is 8.09. The van der Waals surface area contributed by atoms with Crippen LogP contribution in [0.4, 0.5) is 0 Å². The first-order valence-electron chi connectivity index (χ1n) is 8.68. The second-order valence-corrected chi connectivity index (χ2v) is 6.19. The van der Waals surface area contributed by atoms with E-state index in [9.17, 15) is 25.5 Å². The molecule has 28 heavy (non-hydrogen) atoms. The molecule has 0 aliphatic carbocycles. The molecule has 8 nitrogen and oxygen atoms in total. The monoisotopic (exact) mass is 388 g/mol. The molecule has 150 valence electrons. The molecular formula is C20H24N2O6. The molecule has 0 bridgehead atoms. The van der Waals surface area contributed by atoms with Gasteiger partial charge in [0.15, 0.2) is 0 Å². The Bertz CT molecular complexity index is 811. The number of aliphatic hydroxyl groups is 4. The molecule has 0 radical (unpaired) electrons. The third-order valence-corrected chi connectivity index (χ3v) is 4.13. The summed E-state index contributed by atoms with van der Waals surface area (Å²) in [5.74, 6) is 0.0323. The minimum atomic E-state index is -1.64. The normalized spacial score (nSPS) is 16.3. The maximum absolute atomic E-state index is 10.4. The summed E-state index contributed by atoms with van der Waals surface area (Å²) in [6, 6.07) is 12.0. The third kappa shape index (κ3) is 5.86. The van der Waals surface area contributed by atoms with Crippen LogP contribution in [0.1, 0.15) is 11.1 Å². The van der Waals surface area contributed by atoms with Crippen molar-refractivity contribution in [1.82, 2.24) is 0 Å². The number of benzene rings is 2. The van der Waals surface area contributed by atoms with E-state index in [-0.39, 0.29) is 18.0 Å². The molecule has 0 aliphatic heterocycles. The zero-order valence-electron chi connectivity index (χ0n) is 15.1. The van der Waals surface area contributed by atoms with Crippen LogP contribution in [0.25, 0.3) is 0 Å². The standard InChI is InChI=1S/C20H24N2O6/c23-12-18(26)20(28)19(27)15(22-10-14-6-2-4-8-17(14)25)11-21-9-13-5-1-3-7-16(13)24/h1-10,15,18-20,23-28H,11-12H2. The molecule has 4 atom stereocenters. The largest absolute Gasteiger partial charge is 0.507 e. The first-order valence-corrected chi connectivity index (χ1v) is 8.68. The van der Waals surface area contributed by atoms with Crippen molar-refractivity contribution in [3.05, 3.63) is 59.7 Å². The number of hydrogen-bond donors (Lipinski definition) is 6. The summed E-state index contributed by atoms with van der Waals surface area (Å²) in [4.78, 5) is 8.33. The lowest BCUT2D eigenvalue weighted by atomic mass is 10.0. The van der Waals surface area contributed by atoms with Gasteiger partial charge in [-0.15, -0.1) is 0 Å². The van der Waals surface area contributed by atoms with Crippen LogP contribution >= 0.6 is 0 Å². The van der Waals surface area contributed by atoms with Crippen molar-refractivity contribution in [1.29, 1.82) is 0 Å². The van der Waals surface area contributed by atoms with E-state index in [2.05, 4.69) is 9.98 Å². The van der Waals surface area contributed by atoms with Crippen molar-refractivity contribution in [2.75, 3.05) is 13.2 Å². The molecule has 0 saturated carbocycles. The fraction of sp³-hybridized carbons (Fsp3) is 0.300. The van der Waals surface area contributed by atoms with Crippen LogP contribution in [0.2, 0.25) is 0 Å². The predicted octanol–water partition coefficient (Wildman–Crippen LogP) is 0.0794. The number of phenols is 2. The molecule has 0 amide bonds. The SMILES string of the molecule is OCC(O)C(O)C(O)C(CN=Cc1ccccc1O)N=Cc1ccccc1O. The number of aliphatic hydroxyl groups excluding tert-OH is 4. The summed E-state index contributed by atoms with van der Waals surface area (Å²) in [7, 11) is 0. The predicted molar refractivity (Wildman–Crippen MR) is 105 cm³/mol. The van der Waals surface area contributed by atoms with Crippen molar-refractivity contribution >= 4 is 12.4 Å². The number of para-hydroxylation sites is 2. The average Bonchev–Trinajstić information content (AvgIpc) is 2.71. The van der Waals surface area contributed by atoms with Crippen LogP contribution < -0.4 is 0 Å². The van der Waals surface area contributed by atoms with Crippen LogP contribution in [0.15, 0.2) is 58.5 Å². The van der Waals surface area contributed by atoms with E-state index >= 15 is 0 Å². The molecule has 0 heterocycles. The van der Waals surface area contributed by atoms with Gasteiger partial charge < -0.3 is 30.6 Å². The van der Waals surface area contributed by atoms with E-state index < -0.39 is 31.0 Å². The van der Waals surface area contributed by atoms with Gasteiger partial charge in [-0.25, -0.2) is 0 Å². The highest BCUT2D eigenvalue weighted by molar-refractivity contribution is 5.84. The van der Waals surface area contributed by atoms with Gasteiger partial charge in [-0.3, -0.25) is 9.98 Å². The first-order chi connectivity index (χ1) is 13.4. The Hall–Kier alpha value is -2.78. The summed E-state index contributed by atoms with van der Waals surface area (Å²) >= 11 is 0. The van der Waals surface area contributed by atoms with Gasteiger partial charge >= 0.3 is 0 Å². The number of aromatic hydroxyl groups is 2. The van der Waals surface area contributed by atoms with Crippen LogP contribution in [-0.2, 0) is 0 Å². The topological polar surface area (TPSA) is 146 Å². The molecule has 0 spiro atoms. The number of hydrogen-bond acceptors (Lipinski definition) is 8. The molecule has 0 fully saturated rings. The molecule has 2 aromatic rings. The number of rotatable bonds is 9. The zero-order chi connectivity index (χ0) is 20.5. The van der Waals surface area contributed by atoms with E-state index in [1.54, 1.807) is 36.4 Å². The Morgan fingerprint density at radius 2 is 1.32 bits per heavy atom. The number of nitrogens with zero attached hydrogens (tertiary/aromatic N) is 2. The highest BCUT2D eigenvalue weighted by Gasteiger charge is 2.30. The van der Waals surface area contributed by atoms with Crippen LogP contribution in [0, 0.1) is 0 Å². The summed E-state index contributed by atoms with van der Waals surface area (Å²) in [5.41, 5.74) is 0.873. The second kappa shape index (κ2) is 10.5. The minimum Gasteiger partial charge on any atom is -0.507 e. The van der Waals surface area contributed by atoms with Crippen molar-refractivity contribution < 1.29 is 30.6 Å². The van der Waals surface area contributed by atoms with Gasteiger partial charge in [0.25, 0.3) is 0 Å². The second-order valence-electron chi connectivity index (χ2n) is 6.19. The Labute approximate surface area is 162 Å². The van der Waals surface area contributed by atoms with Gasteiger partial charge in [0.05, 0.1) is 19.2 Å². The van der Waals surface area contributed by atoms with E-state index in [0.717, 1.165) is 0 Å². The van der Waals surface area contributed by atoms with Gasteiger partial charge in [0.1, 0.15) is 29.8 Å². The smallest absolute Gasteiger partial charge is 0.124 e. The molecule has 6 N–H and O–H groups in total. The Morgan fingerprint density at radius 1 is 0.786 bits per heavy atom. The quantitative estimate of drug-likeness (QED) is 0.335. The number of phenolic OH excluding ortho intramolecular Hbond substituents is 2. The summed E-state index contributed by atoms with van der Waals surface area (Å²) in [6.07, 6.45) is -1.97. The fourth-order valence-corrected chi connectivity index (χ4v) is 2.44. The molecule has 4 unspecified atom stereocenters.